The fraction of sp³-hybridized carbons (Fsp3) is 0.235. The van der Waals surface area contributed by atoms with Gasteiger partial charge in [-0.3, -0.25) is 9.89 Å². The van der Waals surface area contributed by atoms with Crippen LogP contribution in [0.3, 0.4) is 0 Å². The standard InChI is InChI=1S/C17H15ClN6O2/c18-12-3-1-11(2-4-12)15-19-6-5-13(22-15)17(25)24-7-8-26-9-14(24)16-20-10-21-23-16/h1-6,10,14H,7-9H2,(H,20,21,23). The Morgan fingerprint density at radius 2 is 2.08 bits per heavy atom. The van der Waals surface area contributed by atoms with Gasteiger partial charge in [0.2, 0.25) is 0 Å². The highest BCUT2D eigenvalue weighted by Crippen LogP contribution is 2.24. The van der Waals surface area contributed by atoms with Crippen molar-refractivity contribution < 1.29 is 9.53 Å². The van der Waals surface area contributed by atoms with Crippen LogP contribution in [0.25, 0.3) is 11.4 Å². The van der Waals surface area contributed by atoms with E-state index >= 15 is 0 Å². The lowest BCUT2D eigenvalue weighted by Gasteiger charge is -2.33. The Balaban J connectivity index is 1.63. The highest BCUT2D eigenvalue weighted by Gasteiger charge is 2.32. The maximum absolute atomic E-state index is 13.0. The quantitative estimate of drug-likeness (QED) is 0.758. The average Bonchev–Trinajstić information content (AvgIpc) is 3.23. The fourth-order valence-electron chi connectivity index (χ4n) is 2.81. The van der Waals surface area contributed by atoms with E-state index in [4.69, 9.17) is 16.3 Å². The van der Waals surface area contributed by atoms with Crippen molar-refractivity contribution in [3.8, 4) is 11.4 Å². The van der Waals surface area contributed by atoms with Gasteiger partial charge < -0.3 is 9.64 Å². The Bertz CT molecular complexity index is 900. The summed E-state index contributed by atoms with van der Waals surface area (Å²) in [7, 11) is 0. The third kappa shape index (κ3) is 3.29. The average molecular weight is 371 g/mol. The third-order valence-corrected chi connectivity index (χ3v) is 4.37. The maximum Gasteiger partial charge on any atom is 0.273 e. The van der Waals surface area contributed by atoms with E-state index in [1.807, 2.05) is 12.1 Å². The molecule has 1 aliphatic rings. The van der Waals surface area contributed by atoms with Crippen LogP contribution in [0.2, 0.25) is 5.02 Å². The monoisotopic (exact) mass is 370 g/mol. The zero-order valence-electron chi connectivity index (χ0n) is 13.7. The van der Waals surface area contributed by atoms with Crippen molar-refractivity contribution in [2.75, 3.05) is 19.8 Å². The largest absolute Gasteiger partial charge is 0.377 e. The maximum atomic E-state index is 13.0. The number of carbonyl (C=O) groups excluding carboxylic acids is 1. The van der Waals surface area contributed by atoms with Gasteiger partial charge >= 0.3 is 0 Å². The molecule has 0 spiro atoms. The molecular formula is C17H15ClN6O2. The van der Waals surface area contributed by atoms with Crippen LogP contribution in [-0.2, 0) is 4.74 Å². The molecule has 1 atom stereocenters. The van der Waals surface area contributed by atoms with Crippen LogP contribution < -0.4 is 0 Å². The highest BCUT2D eigenvalue weighted by molar-refractivity contribution is 6.30. The van der Waals surface area contributed by atoms with Crippen molar-refractivity contribution in [1.82, 2.24) is 30.0 Å². The number of morpholine rings is 1. The normalized spacial score (nSPS) is 17.3. The second-order valence-electron chi connectivity index (χ2n) is 5.73. The molecule has 0 aliphatic carbocycles. The zero-order valence-corrected chi connectivity index (χ0v) is 14.4. The van der Waals surface area contributed by atoms with Crippen molar-refractivity contribution in [2.45, 2.75) is 6.04 Å². The molecular weight excluding hydrogens is 356 g/mol. The lowest BCUT2D eigenvalue weighted by Crippen LogP contribution is -2.44. The highest BCUT2D eigenvalue weighted by atomic mass is 35.5. The topological polar surface area (TPSA) is 96.9 Å². The van der Waals surface area contributed by atoms with Crippen LogP contribution >= 0.6 is 11.6 Å². The molecule has 132 valence electrons. The van der Waals surface area contributed by atoms with E-state index in [0.29, 0.717) is 42.1 Å². The zero-order chi connectivity index (χ0) is 17.9. The van der Waals surface area contributed by atoms with Gasteiger partial charge in [-0.2, -0.15) is 5.10 Å². The van der Waals surface area contributed by atoms with Crippen molar-refractivity contribution in [3.63, 3.8) is 0 Å². The number of hydrogen-bond donors (Lipinski definition) is 1. The molecule has 1 aliphatic heterocycles. The molecule has 0 bridgehead atoms. The number of halogens is 1. The van der Waals surface area contributed by atoms with Crippen molar-refractivity contribution in [3.05, 3.63) is 59.4 Å². The van der Waals surface area contributed by atoms with E-state index in [2.05, 4.69) is 25.1 Å². The van der Waals surface area contributed by atoms with E-state index in [1.54, 1.807) is 29.3 Å². The van der Waals surface area contributed by atoms with Crippen LogP contribution in [0.1, 0.15) is 22.4 Å². The lowest BCUT2D eigenvalue weighted by molar-refractivity contribution is -0.00542. The van der Waals surface area contributed by atoms with E-state index in [0.717, 1.165) is 5.56 Å². The summed E-state index contributed by atoms with van der Waals surface area (Å²) in [6.07, 6.45) is 2.99. The smallest absolute Gasteiger partial charge is 0.273 e. The van der Waals surface area contributed by atoms with E-state index in [1.165, 1.54) is 6.33 Å². The number of aromatic nitrogens is 5. The van der Waals surface area contributed by atoms with Gasteiger partial charge in [-0.05, 0) is 30.3 Å². The summed E-state index contributed by atoms with van der Waals surface area (Å²) in [5, 5.41) is 7.29. The van der Waals surface area contributed by atoms with E-state index in [9.17, 15) is 4.79 Å². The predicted molar refractivity (Wildman–Crippen MR) is 93.5 cm³/mol. The molecule has 1 fully saturated rings. The van der Waals surface area contributed by atoms with Gasteiger partial charge in [0.15, 0.2) is 5.82 Å². The molecule has 0 saturated carbocycles. The molecule has 2 aromatic heterocycles. The van der Waals surface area contributed by atoms with Crippen LogP contribution in [0.4, 0.5) is 0 Å². The van der Waals surface area contributed by atoms with Crippen molar-refractivity contribution >= 4 is 17.5 Å². The van der Waals surface area contributed by atoms with Crippen LogP contribution in [0.5, 0.6) is 0 Å². The first-order chi connectivity index (χ1) is 12.7. The first-order valence-corrected chi connectivity index (χ1v) is 8.43. The summed E-state index contributed by atoms with van der Waals surface area (Å²) in [5.74, 6) is 0.856. The summed E-state index contributed by atoms with van der Waals surface area (Å²) in [5.41, 5.74) is 1.11. The second-order valence-corrected chi connectivity index (χ2v) is 6.17. The Hall–Kier alpha value is -2.84. The molecule has 8 nitrogen and oxygen atoms in total. The number of H-pyrrole nitrogens is 1. The van der Waals surface area contributed by atoms with Gasteiger partial charge in [0.05, 0.1) is 13.2 Å². The van der Waals surface area contributed by atoms with Crippen molar-refractivity contribution in [1.29, 1.82) is 0 Å². The molecule has 4 rings (SSSR count). The van der Waals surface area contributed by atoms with Crippen LogP contribution in [0.15, 0.2) is 42.9 Å². The molecule has 3 heterocycles. The number of nitrogens with one attached hydrogen (secondary N) is 1. The van der Waals surface area contributed by atoms with E-state index < -0.39 is 0 Å². The summed E-state index contributed by atoms with van der Waals surface area (Å²) in [6, 6.07) is 8.44. The number of hydrogen-bond acceptors (Lipinski definition) is 6. The number of amides is 1. The lowest BCUT2D eigenvalue weighted by atomic mass is 10.2. The summed E-state index contributed by atoms with van der Waals surface area (Å²) in [6.45, 7) is 1.27. The Labute approximate surface area is 154 Å². The van der Waals surface area contributed by atoms with Crippen LogP contribution in [0, 0.1) is 0 Å². The van der Waals surface area contributed by atoms with Gasteiger partial charge in [0, 0.05) is 23.3 Å². The first kappa shape index (κ1) is 16.6. The minimum absolute atomic E-state index is 0.202. The molecule has 3 aromatic rings. The number of aromatic amines is 1. The van der Waals surface area contributed by atoms with Gasteiger partial charge in [-0.25, -0.2) is 15.0 Å². The summed E-state index contributed by atoms with van der Waals surface area (Å²) < 4.78 is 5.50. The van der Waals surface area contributed by atoms with Gasteiger partial charge in [-0.15, -0.1) is 0 Å². The fourth-order valence-corrected chi connectivity index (χ4v) is 2.94. The molecule has 1 unspecified atom stereocenters. The SMILES string of the molecule is O=C(c1ccnc(-c2ccc(Cl)cc2)n1)N1CCOCC1c1ncn[nH]1. The number of benzene rings is 1. The van der Waals surface area contributed by atoms with Gasteiger partial charge in [0.1, 0.15) is 23.9 Å². The third-order valence-electron chi connectivity index (χ3n) is 4.12. The van der Waals surface area contributed by atoms with E-state index in [-0.39, 0.29) is 11.9 Å². The number of nitrogens with zero attached hydrogens (tertiary/aromatic N) is 5. The molecule has 1 aromatic carbocycles. The minimum atomic E-state index is -0.326. The second kappa shape index (κ2) is 7.19. The molecule has 26 heavy (non-hydrogen) atoms. The Morgan fingerprint density at radius 1 is 1.23 bits per heavy atom. The van der Waals surface area contributed by atoms with Gasteiger partial charge in [-0.1, -0.05) is 11.6 Å². The molecule has 1 N–H and O–H groups in total. The van der Waals surface area contributed by atoms with Crippen molar-refractivity contribution in [2.24, 2.45) is 0 Å². The number of rotatable bonds is 3. The Morgan fingerprint density at radius 3 is 2.85 bits per heavy atom. The number of ether oxygens (including phenoxy) is 1. The van der Waals surface area contributed by atoms with Gasteiger partial charge in [0.25, 0.3) is 5.91 Å². The first-order valence-electron chi connectivity index (χ1n) is 8.05. The minimum Gasteiger partial charge on any atom is -0.377 e. The Kier molecular flexibility index (Phi) is 4.59. The predicted octanol–water partition coefficient (Wildman–Crippen LogP) is 2.13. The molecule has 1 amide bonds. The van der Waals surface area contributed by atoms with Crippen LogP contribution in [-0.4, -0.2) is 55.7 Å². The molecule has 9 heteroatoms. The summed E-state index contributed by atoms with van der Waals surface area (Å²) in [4.78, 5) is 27.6. The number of carbonyl (C=O) groups is 1. The summed E-state index contributed by atoms with van der Waals surface area (Å²) >= 11 is 5.92. The molecule has 0 radical (unpaired) electrons. The molecule has 1 saturated heterocycles.